The van der Waals surface area contributed by atoms with Crippen molar-refractivity contribution in [3.8, 4) is 11.5 Å². The first-order valence-corrected chi connectivity index (χ1v) is 8.25. The second kappa shape index (κ2) is 5.56. The van der Waals surface area contributed by atoms with Crippen LogP contribution in [0.1, 0.15) is 24.2 Å². The summed E-state index contributed by atoms with van der Waals surface area (Å²) < 4.78 is 7.68. The predicted molar refractivity (Wildman–Crippen MR) is 85.5 cm³/mol. The van der Waals surface area contributed by atoms with Crippen LogP contribution in [0.25, 0.3) is 11.5 Å². The van der Waals surface area contributed by atoms with Crippen LogP contribution >= 0.6 is 0 Å². The lowest BCUT2D eigenvalue weighted by Gasteiger charge is -2.37. The van der Waals surface area contributed by atoms with Gasteiger partial charge in [0.1, 0.15) is 11.5 Å². The molecular formula is C17H24N4O. The largest absolute Gasteiger partial charge is 0.460 e. The van der Waals surface area contributed by atoms with E-state index in [9.17, 15) is 0 Å². The SMILES string of the molecule is Cc1ccc(-c2nn(C)cc2CN2CCN3CCCC3C2)o1. The smallest absolute Gasteiger partial charge is 0.154 e. The highest BCUT2D eigenvalue weighted by Crippen LogP contribution is 2.27. The summed E-state index contributed by atoms with van der Waals surface area (Å²) >= 11 is 0. The molecule has 118 valence electrons. The zero-order chi connectivity index (χ0) is 15.1. The topological polar surface area (TPSA) is 37.4 Å². The van der Waals surface area contributed by atoms with E-state index in [1.807, 2.05) is 30.8 Å². The standard InChI is InChI=1S/C17H24N4O/c1-13-5-6-16(22-13)17-14(10-19(2)18-17)11-20-8-9-21-7-3-4-15(21)12-20/h5-6,10,15H,3-4,7-9,11-12H2,1-2H3. The van der Waals surface area contributed by atoms with Crippen LogP contribution in [0.15, 0.2) is 22.7 Å². The van der Waals surface area contributed by atoms with Crippen LogP contribution in [-0.4, -0.2) is 51.8 Å². The van der Waals surface area contributed by atoms with Gasteiger partial charge in [-0.25, -0.2) is 0 Å². The van der Waals surface area contributed by atoms with E-state index in [0.29, 0.717) is 0 Å². The molecule has 2 aromatic rings. The van der Waals surface area contributed by atoms with E-state index >= 15 is 0 Å². The minimum absolute atomic E-state index is 0.764. The molecule has 5 nitrogen and oxygen atoms in total. The third kappa shape index (κ3) is 2.59. The molecule has 2 aliphatic heterocycles. The van der Waals surface area contributed by atoms with Crippen LogP contribution in [-0.2, 0) is 13.6 Å². The van der Waals surface area contributed by atoms with Crippen molar-refractivity contribution in [3.05, 3.63) is 29.7 Å². The normalized spacial score (nSPS) is 23.1. The average molecular weight is 300 g/mol. The van der Waals surface area contributed by atoms with Crippen molar-refractivity contribution in [1.29, 1.82) is 0 Å². The van der Waals surface area contributed by atoms with E-state index in [2.05, 4.69) is 21.1 Å². The first-order chi connectivity index (χ1) is 10.7. The summed E-state index contributed by atoms with van der Waals surface area (Å²) in [6.45, 7) is 7.79. The number of furan rings is 1. The summed E-state index contributed by atoms with van der Waals surface area (Å²) in [5.74, 6) is 1.82. The van der Waals surface area contributed by atoms with E-state index in [-0.39, 0.29) is 0 Å². The van der Waals surface area contributed by atoms with Crippen molar-refractivity contribution < 1.29 is 4.42 Å². The zero-order valence-corrected chi connectivity index (χ0v) is 13.5. The molecule has 0 aliphatic carbocycles. The van der Waals surface area contributed by atoms with Gasteiger partial charge in [-0.05, 0) is 38.4 Å². The van der Waals surface area contributed by atoms with Gasteiger partial charge < -0.3 is 4.42 Å². The summed E-state index contributed by atoms with van der Waals surface area (Å²) in [5, 5.41) is 4.61. The Balaban J connectivity index is 1.53. The Hall–Kier alpha value is -1.59. The number of rotatable bonds is 3. The summed E-state index contributed by atoms with van der Waals surface area (Å²) in [6.07, 6.45) is 4.85. The Morgan fingerprint density at radius 3 is 3.00 bits per heavy atom. The molecule has 1 unspecified atom stereocenters. The van der Waals surface area contributed by atoms with Crippen LogP contribution in [0.2, 0.25) is 0 Å². The van der Waals surface area contributed by atoms with Gasteiger partial charge in [0.2, 0.25) is 0 Å². The molecule has 4 heterocycles. The van der Waals surface area contributed by atoms with Crippen LogP contribution in [0, 0.1) is 6.92 Å². The molecule has 0 N–H and O–H groups in total. The number of aryl methyl sites for hydroxylation is 2. The molecule has 0 spiro atoms. The Morgan fingerprint density at radius 2 is 2.18 bits per heavy atom. The average Bonchev–Trinajstić information content (AvgIpc) is 3.18. The molecule has 2 aliphatic rings. The molecular weight excluding hydrogens is 276 g/mol. The highest BCUT2D eigenvalue weighted by molar-refractivity contribution is 5.56. The van der Waals surface area contributed by atoms with Crippen LogP contribution in [0.5, 0.6) is 0 Å². The molecule has 2 saturated heterocycles. The van der Waals surface area contributed by atoms with Gasteiger partial charge in [-0.3, -0.25) is 14.5 Å². The third-order valence-corrected chi connectivity index (χ3v) is 4.94. The van der Waals surface area contributed by atoms with Crippen molar-refractivity contribution in [2.75, 3.05) is 26.2 Å². The Kier molecular flexibility index (Phi) is 3.54. The first-order valence-electron chi connectivity index (χ1n) is 8.25. The number of aromatic nitrogens is 2. The van der Waals surface area contributed by atoms with Crippen LogP contribution in [0.4, 0.5) is 0 Å². The van der Waals surface area contributed by atoms with Crippen molar-refractivity contribution in [3.63, 3.8) is 0 Å². The summed E-state index contributed by atoms with van der Waals surface area (Å²) in [4.78, 5) is 5.22. The van der Waals surface area contributed by atoms with Gasteiger partial charge in [-0.2, -0.15) is 5.10 Å². The molecule has 0 aromatic carbocycles. The van der Waals surface area contributed by atoms with E-state index in [4.69, 9.17) is 4.42 Å². The predicted octanol–water partition coefficient (Wildman–Crippen LogP) is 2.27. The highest BCUT2D eigenvalue weighted by atomic mass is 16.3. The fourth-order valence-corrected chi connectivity index (χ4v) is 3.86. The molecule has 0 amide bonds. The molecule has 2 aromatic heterocycles. The number of hydrogen-bond acceptors (Lipinski definition) is 4. The van der Waals surface area contributed by atoms with E-state index in [0.717, 1.165) is 36.3 Å². The van der Waals surface area contributed by atoms with Gasteiger partial charge in [0, 0.05) is 51.0 Å². The van der Waals surface area contributed by atoms with Crippen molar-refractivity contribution >= 4 is 0 Å². The van der Waals surface area contributed by atoms with Gasteiger partial charge in [0.05, 0.1) is 0 Å². The van der Waals surface area contributed by atoms with Gasteiger partial charge >= 0.3 is 0 Å². The highest BCUT2D eigenvalue weighted by Gasteiger charge is 2.31. The molecule has 1 atom stereocenters. The lowest BCUT2D eigenvalue weighted by Crippen LogP contribution is -2.49. The van der Waals surface area contributed by atoms with E-state index < -0.39 is 0 Å². The second-order valence-corrected chi connectivity index (χ2v) is 6.65. The maximum atomic E-state index is 5.78. The monoisotopic (exact) mass is 300 g/mol. The lowest BCUT2D eigenvalue weighted by atomic mass is 10.1. The zero-order valence-electron chi connectivity index (χ0n) is 13.5. The Bertz CT molecular complexity index is 659. The van der Waals surface area contributed by atoms with Crippen molar-refractivity contribution in [2.45, 2.75) is 32.4 Å². The molecule has 0 saturated carbocycles. The quantitative estimate of drug-likeness (QED) is 0.871. The Morgan fingerprint density at radius 1 is 1.27 bits per heavy atom. The van der Waals surface area contributed by atoms with Crippen LogP contribution in [0.3, 0.4) is 0 Å². The minimum Gasteiger partial charge on any atom is -0.460 e. The summed E-state index contributed by atoms with van der Waals surface area (Å²) in [5.41, 5.74) is 2.26. The maximum absolute atomic E-state index is 5.78. The van der Waals surface area contributed by atoms with Gasteiger partial charge in [-0.1, -0.05) is 0 Å². The summed E-state index contributed by atoms with van der Waals surface area (Å²) in [6, 6.07) is 4.79. The minimum atomic E-state index is 0.764. The first kappa shape index (κ1) is 14.0. The molecule has 4 rings (SSSR count). The number of fused-ring (bicyclic) bond motifs is 1. The van der Waals surface area contributed by atoms with Gasteiger partial charge in [-0.15, -0.1) is 0 Å². The fourth-order valence-electron chi connectivity index (χ4n) is 3.86. The van der Waals surface area contributed by atoms with Gasteiger partial charge in [0.25, 0.3) is 0 Å². The van der Waals surface area contributed by atoms with Gasteiger partial charge in [0.15, 0.2) is 5.76 Å². The molecule has 22 heavy (non-hydrogen) atoms. The van der Waals surface area contributed by atoms with E-state index in [1.165, 1.54) is 38.0 Å². The lowest BCUT2D eigenvalue weighted by molar-refractivity contribution is 0.0994. The van der Waals surface area contributed by atoms with Crippen molar-refractivity contribution in [2.24, 2.45) is 7.05 Å². The Labute approximate surface area is 131 Å². The number of piperazine rings is 1. The second-order valence-electron chi connectivity index (χ2n) is 6.65. The molecule has 0 radical (unpaired) electrons. The van der Waals surface area contributed by atoms with Crippen LogP contribution < -0.4 is 0 Å². The molecule has 5 heteroatoms. The maximum Gasteiger partial charge on any atom is 0.154 e. The van der Waals surface area contributed by atoms with Crippen molar-refractivity contribution in [1.82, 2.24) is 19.6 Å². The fraction of sp³-hybridized carbons (Fsp3) is 0.588. The number of nitrogens with zero attached hydrogens (tertiary/aromatic N) is 4. The third-order valence-electron chi connectivity index (χ3n) is 4.94. The summed E-state index contributed by atoms with van der Waals surface area (Å²) in [7, 11) is 1.98. The molecule has 0 bridgehead atoms. The number of hydrogen-bond donors (Lipinski definition) is 0. The molecule has 2 fully saturated rings. The van der Waals surface area contributed by atoms with E-state index in [1.54, 1.807) is 0 Å².